The van der Waals surface area contributed by atoms with Gasteiger partial charge >= 0.3 is 18.2 Å². The quantitative estimate of drug-likeness (QED) is 0.214. The molecule has 0 spiro atoms. The molecule has 1 aliphatic rings. The monoisotopic (exact) mass is 572 g/mol. The standard InChI is InChI=1S/C29H27F3N2O7/c1-2-17-37-27(35)19-38-21-4-6-22(7-5-21)39-25-13-15-34(16-14-25)28(36)41-24-10-8-23(9-11-24)40-26-12-3-20(18-33-26)29(30,31)32/h2-12,18,25H,1,13-17,19H2. The number of aromatic nitrogens is 1. The molecule has 0 saturated carbocycles. The van der Waals surface area contributed by atoms with Crippen LogP contribution in [0.1, 0.15) is 18.4 Å². The number of amides is 1. The van der Waals surface area contributed by atoms with Crippen molar-refractivity contribution in [3.63, 3.8) is 0 Å². The number of hydrogen-bond acceptors (Lipinski definition) is 8. The van der Waals surface area contributed by atoms with Crippen LogP contribution in [0.3, 0.4) is 0 Å². The van der Waals surface area contributed by atoms with Crippen LogP contribution in [-0.2, 0) is 15.7 Å². The molecule has 2 aromatic carbocycles. The van der Waals surface area contributed by atoms with Crippen LogP contribution < -0.4 is 18.9 Å². The van der Waals surface area contributed by atoms with Gasteiger partial charge in [0.25, 0.3) is 0 Å². The summed E-state index contributed by atoms with van der Waals surface area (Å²) in [4.78, 5) is 29.3. The molecule has 0 bridgehead atoms. The van der Waals surface area contributed by atoms with Gasteiger partial charge in [0.15, 0.2) is 6.61 Å². The Kier molecular flexibility index (Phi) is 9.67. The Morgan fingerprint density at radius 2 is 1.56 bits per heavy atom. The minimum Gasteiger partial charge on any atom is -0.490 e. The van der Waals surface area contributed by atoms with Crippen molar-refractivity contribution in [3.8, 4) is 28.9 Å². The van der Waals surface area contributed by atoms with Gasteiger partial charge < -0.3 is 28.6 Å². The van der Waals surface area contributed by atoms with Crippen molar-refractivity contribution in [2.45, 2.75) is 25.1 Å². The van der Waals surface area contributed by atoms with Crippen LogP contribution in [0.15, 0.2) is 79.5 Å². The fraction of sp³-hybridized carbons (Fsp3) is 0.276. The first-order valence-corrected chi connectivity index (χ1v) is 12.6. The van der Waals surface area contributed by atoms with Crippen LogP contribution in [0.4, 0.5) is 18.0 Å². The molecule has 1 saturated heterocycles. The average Bonchev–Trinajstić information content (AvgIpc) is 2.97. The van der Waals surface area contributed by atoms with E-state index in [1.807, 2.05) is 0 Å². The highest BCUT2D eigenvalue weighted by molar-refractivity contribution is 5.71. The van der Waals surface area contributed by atoms with Crippen LogP contribution in [0.25, 0.3) is 0 Å². The fourth-order valence-corrected chi connectivity index (χ4v) is 3.77. The zero-order valence-electron chi connectivity index (χ0n) is 21.8. The normalized spacial score (nSPS) is 13.7. The van der Waals surface area contributed by atoms with Crippen LogP contribution in [-0.4, -0.2) is 54.4 Å². The average molecular weight is 573 g/mol. The lowest BCUT2D eigenvalue weighted by atomic mass is 10.1. The SMILES string of the molecule is C=CCOC(=O)COc1ccc(OC2CCN(C(=O)Oc3ccc(Oc4ccc(C(F)(F)F)cn4)cc3)CC2)cc1. The van der Waals surface area contributed by atoms with Gasteiger partial charge in [-0.3, -0.25) is 0 Å². The summed E-state index contributed by atoms with van der Waals surface area (Å²) in [5.41, 5.74) is -0.871. The number of carbonyl (C=O) groups is 2. The van der Waals surface area contributed by atoms with E-state index in [0.29, 0.717) is 49.4 Å². The molecule has 1 aromatic heterocycles. The smallest absolute Gasteiger partial charge is 0.417 e. The van der Waals surface area contributed by atoms with Gasteiger partial charge in [-0.2, -0.15) is 13.2 Å². The molecule has 3 aromatic rings. The van der Waals surface area contributed by atoms with E-state index in [-0.39, 0.29) is 30.9 Å². The van der Waals surface area contributed by atoms with E-state index >= 15 is 0 Å². The molecule has 0 atom stereocenters. The van der Waals surface area contributed by atoms with Crippen LogP contribution in [0.2, 0.25) is 0 Å². The van der Waals surface area contributed by atoms with Crippen LogP contribution in [0, 0.1) is 0 Å². The van der Waals surface area contributed by atoms with Crippen LogP contribution in [0.5, 0.6) is 28.9 Å². The number of rotatable bonds is 10. The zero-order chi connectivity index (χ0) is 29.2. The van der Waals surface area contributed by atoms with Gasteiger partial charge in [-0.1, -0.05) is 12.7 Å². The second-order valence-corrected chi connectivity index (χ2v) is 8.86. The number of nitrogens with zero attached hydrogens (tertiary/aromatic N) is 2. The van der Waals surface area contributed by atoms with Gasteiger partial charge in [0, 0.05) is 38.2 Å². The summed E-state index contributed by atoms with van der Waals surface area (Å²) in [7, 11) is 0. The first-order chi connectivity index (χ1) is 19.7. The third-order valence-corrected chi connectivity index (χ3v) is 5.86. The molecule has 41 heavy (non-hydrogen) atoms. The first kappa shape index (κ1) is 29.2. The predicted octanol–water partition coefficient (Wildman–Crippen LogP) is 6.04. The molecule has 0 aliphatic carbocycles. The molecule has 1 fully saturated rings. The Labute approximate surface area is 234 Å². The van der Waals surface area contributed by atoms with E-state index in [0.717, 1.165) is 12.1 Å². The summed E-state index contributed by atoms with van der Waals surface area (Å²) in [6.45, 7) is 4.28. The number of pyridine rings is 1. The van der Waals surface area contributed by atoms with E-state index in [4.69, 9.17) is 23.7 Å². The highest BCUT2D eigenvalue weighted by Crippen LogP contribution is 2.30. The summed E-state index contributed by atoms with van der Waals surface area (Å²) in [6, 6.07) is 15.0. The maximum absolute atomic E-state index is 12.7. The van der Waals surface area contributed by atoms with Gasteiger partial charge in [0.05, 0.1) is 5.56 Å². The maximum atomic E-state index is 12.7. The van der Waals surface area contributed by atoms with E-state index in [1.165, 1.54) is 30.3 Å². The molecular weight excluding hydrogens is 545 g/mol. The molecule has 2 heterocycles. The number of likely N-dealkylation sites (tertiary alicyclic amines) is 1. The molecule has 0 unspecified atom stereocenters. The van der Waals surface area contributed by atoms with Gasteiger partial charge in [-0.25, -0.2) is 14.6 Å². The largest absolute Gasteiger partial charge is 0.490 e. The summed E-state index contributed by atoms with van der Waals surface area (Å²) in [5.74, 6) is 1.26. The number of esters is 1. The number of halogens is 3. The predicted molar refractivity (Wildman–Crippen MR) is 140 cm³/mol. The molecule has 1 aliphatic heterocycles. The van der Waals surface area contributed by atoms with Crippen molar-refractivity contribution in [2.24, 2.45) is 0 Å². The number of ether oxygens (including phenoxy) is 5. The molecule has 0 N–H and O–H groups in total. The van der Waals surface area contributed by atoms with Crippen molar-refractivity contribution in [1.29, 1.82) is 0 Å². The fourth-order valence-electron chi connectivity index (χ4n) is 3.77. The molecular formula is C29H27F3N2O7. The lowest BCUT2D eigenvalue weighted by molar-refractivity contribution is -0.144. The second-order valence-electron chi connectivity index (χ2n) is 8.86. The first-order valence-electron chi connectivity index (χ1n) is 12.6. The Hall–Kier alpha value is -4.74. The third-order valence-electron chi connectivity index (χ3n) is 5.86. The number of carbonyl (C=O) groups excluding carboxylic acids is 2. The van der Waals surface area contributed by atoms with Crippen molar-refractivity contribution in [3.05, 3.63) is 85.1 Å². The molecule has 9 nitrogen and oxygen atoms in total. The van der Waals surface area contributed by atoms with Gasteiger partial charge in [-0.15, -0.1) is 0 Å². The maximum Gasteiger partial charge on any atom is 0.417 e. The van der Waals surface area contributed by atoms with Crippen molar-refractivity contribution < 1.29 is 46.4 Å². The minimum absolute atomic E-state index is 0.00129. The van der Waals surface area contributed by atoms with Gasteiger partial charge in [-0.05, 0) is 54.6 Å². The Bertz CT molecular complexity index is 1310. The number of piperidine rings is 1. The lowest BCUT2D eigenvalue weighted by Crippen LogP contribution is -2.43. The number of alkyl halides is 3. The van der Waals surface area contributed by atoms with Gasteiger partial charge in [0.1, 0.15) is 35.7 Å². The highest BCUT2D eigenvalue weighted by atomic mass is 19.4. The molecule has 12 heteroatoms. The molecule has 4 rings (SSSR count). The number of hydrogen-bond donors (Lipinski definition) is 0. The summed E-state index contributed by atoms with van der Waals surface area (Å²) < 4.78 is 65.1. The van der Waals surface area contributed by atoms with E-state index in [1.54, 1.807) is 29.2 Å². The Morgan fingerprint density at radius 1 is 0.927 bits per heavy atom. The van der Waals surface area contributed by atoms with Crippen molar-refractivity contribution in [1.82, 2.24) is 9.88 Å². The molecule has 216 valence electrons. The topological polar surface area (TPSA) is 96.4 Å². The Morgan fingerprint density at radius 3 is 2.17 bits per heavy atom. The minimum atomic E-state index is -4.48. The second kappa shape index (κ2) is 13.6. The summed E-state index contributed by atoms with van der Waals surface area (Å²) in [6.07, 6.45) is -1.69. The van der Waals surface area contributed by atoms with Crippen LogP contribution >= 0.6 is 0 Å². The Balaban J connectivity index is 1.18. The highest BCUT2D eigenvalue weighted by Gasteiger charge is 2.30. The van der Waals surface area contributed by atoms with Crippen molar-refractivity contribution in [2.75, 3.05) is 26.3 Å². The van der Waals surface area contributed by atoms with Crippen molar-refractivity contribution >= 4 is 12.1 Å². The van der Waals surface area contributed by atoms with Gasteiger partial charge in [0.2, 0.25) is 5.88 Å². The van der Waals surface area contributed by atoms with E-state index in [2.05, 4.69) is 11.6 Å². The third kappa shape index (κ3) is 8.88. The zero-order valence-corrected chi connectivity index (χ0v) is 21.8. The molecule has 1 amide bonds. The lowest BCUT2D eigenvalue weighted by Gasteiger charge is -2.31. The summed E-state index contributed by atoms with van der Waals surface area (Å²) in [5, 5.41) is 0. The molecule has 0 radical (unpaired) electrons. The number of benzene rings is 2. The van der Waals surface area contributed by atoms with E-state index in [9.17, 15) is 22.8 Å². The summed E-state index contributed by atoms with van der Waals surface area (Å²) >= 11 is 0. The van der Waals surface area contributed by atoms with E-state index < -0.39 is 23.8 Å².